The molecule has 2 rings (SSSR count). The lowest BCUT2D eigenvalue weighted by Crippen LogP contribution is -2.15. The van der Waals surface area contributed by atoms with E-state index in [0.29, 0.717) is 12.4 Å². The molecule has 5 nitrogen and oxygen atoms in total. The van der Waals surface area contributed by atoms with E-state index in [1.807, 2.05) is 6.92 Å². The molecule has 1 aromatic carbocycles. The number of hydrogen-bond acceptors (Lipinski definition) is 4. The van der Waals surface area contributed by atoms with Gasteiger partial charge in [-0.05, 0) is 26.7 Å². The van der Waals surface area contributed by atoms with Crippen LogP contribution in [0.4, 0.5) is 11.4 Å². The molecule has 0 aliphatic heterocycles. The molecule has 1 aliphatic rings. The maximum atomic E-state index is 10.8. The summed E-state index contributed by atoms with van der Waals surface area (Å²) in [5, 5.41) is 14.1. The maximum Gasteiger partial charge on any atom is 0.275 e. The summed E-state index contributed by atoms with van der Waals surface area (Å²) in [6, 6.07) is 4.80. The third-order valence-corrected chi connectivity index (χ3v) is 2.86. The fourth-order valence-electron chi connectivity index (χ4n) is 1.67. The highest BCUT2D eigenvalue weighted by atomic mass is 16.6. The predicted octanol–water partition coefficient (Wildman–Crippen LogP) is 2.96. The van der Waals surface area contributed by atoms with E-state index in [2.05, 4.69) is 12.2 Å². The summed E-state index contributed by atoms with van der Waals surface area (Å²) in [6.45, 7) is 4.46. The lowest BCUT2D eigenvalue weighted by atomic mass is 10.2. The molecule has 1 saturated carbocycles. The Bertz CT molecular complexity index is 441. The van der Waals surface area contributed by atoms with Gasteiger partial charge in [0.2, 0.25) is 0 Å². The zero-order valence-corrected chi connectivity index (χ0v) is 10.0. The van der Waals surface area contributed by atoms with Crippen molar-refractivity contribution in [1.82, 2.24) is 0 Å². The number of ether oxygens (including phenoxy) is 1. The highest BCUT2D eigenvalue weighted by Crippen LogP contribution is 2.39. The van der Waals surface area contributed by atoms with Gasteiger partial charge in [-0.25, -0.2) is 0 Å². The molecule has 0 atom stereocenters. The van der Waals surface area contributed by atoms with Gasteiger partial charge in [0, 0.05) is 23.4 Å². The van der Waals surface area contributed by atoms with Crippen LogP contribution in [0.5, 0.6) is 5.75 Å². The van der Waals surface area contributed by atoms with Gasteiger partial charge in [-0.1, -0.05) is 0 Å². The predicted molar refractivity (Wildman–Crippen MR) is 65.5 cm³/mol. The van der Waals surface area contributed by atoms with Gasteiger partial charge >= 0.3 is 0 Å². The Morgan fingerprint density at radius 3 is 2.71 bits per heavy atom. The molecule has 0 heterocycles. The summed E-state index contributed by atoms with van der Waals surface area (Å²) in [5.41, 5.74) is 0.906. The topological polar surface area (TPSA) is 64.4 Å². The highest BCUT2D eigenvalue weighted by Gasteiger charge is 2.37. The van der Waals surface area contributed by atoms with Crippen LogP contribution in [-0.2, 0) is 0 Å². The second-order valence-corrected chi connectivity index (χ2v) is 4.59. The van der Waals surface area contributed by atoms with Gasteiger partial charge in [0.15, 0.2) is 0 Å². The monoisotopic (exact) mass is 236 g/mol. The Balaban J connectivity index is 2.26. The molecule has 1 N–H and O–H groups in total. The van der Waals surface area contributed by atoms with Gasteiger partial charge < -0.3 is 10.1 Å². The zero-order valence-electron chi connectivity index (χ0n) is 10.0. The van der Waals surface area contributed by atoms with Crippen molar-refractivity contribution in [3.8, 4) is 5.75 Å². The maximum absolute atomic E-state index is 10.8. The summed E-state index contributed by atoms with van der Waals surface area (Å²) < 4.78 is 5.33. The van der Waals surface area contributed by atoms with Gasteiger partial charge in [0.05, 0.1) is 17.6 Å². The minimum absolute atomic E-state index is 0.0581. The minimum Gasteiger partial charge on any atom is -0.494 e. The molecule has 0 amide bonds. The molecule has 17 heavy (non-hydrogen) atoms. The van der Waals surface area contributed by atoms with Crippen LogP contribution in [0, 0.1) is 10.1 Å². The third-order valence-electron chi connectivity index (χ3n) is 2.86. The van der Waals surface area contributed by atoms with E-state index in [1.54, 1.807) is 12.1 Å². The lowest BCUT2D eigenvalue weighted by Gasteiger charge is -2.14. The average molecular weight is 236 g/mol. The molecule has 1 aliphatic carbocycles. The molecular weight excluding hydrogens is 220 g/mol. The molecule has 5 heteroatoms. The summed E-state index contributed by atoms with van der Waals surface area (Å²) >= 11 is 0. The minimum atomic E-state index is -0.400. The van der Waals surface area contributed by atoms with Crippen LogP contribution >= 0.6 is 0 Å². The van der Waals surface area contributed by atoms with Crippen LogP contribution in [0.2, 0.25) is 0 Å². The quantitative estimate of drug-likeness (QED) is 0.630. The molecule has 0 unspecified atom stereocenters. The first-order valence-corrected chi connectivity index (χ1v) is 5.73. The van der Waals surface area contributed by atoms with E-state index in [-0.39, 0.29) is 11.2 Å². The number of anilines is 1. The molecule has 0 spiro atoms. The Hall–Kier alpha value is -1.78. The summed E-state index contributed by atoms with van der Waals surface area (Å²) in [6.07, 6.45) is 2.19. The normalized spacial score (nSPS) is 16.4. The first-order valence-electron chi connectivity index (χ1n) is 5.73. The molecular formula is C12H16N2O3. The molecule has 1 aromatic rings. The smallest absolute Gasteiger partial charge is 0.275 e. The Kier molecular flexibility index (Phi) is 2.92. The number of nitro benzene ring substituents is 1. The highest BCUT2D eigenvalue weighted by molar-refractivity contribution is 5.58. The first kappa shape index (κ1) is 11.7. The average Bonchev–Trinajstić information content (AvgIpc) is 2.96. The van der Waals surface area contributed by atoms with Crippen LogP contribution in [-0.4, -0.2) is 17.1 Å². The van der Waals surface area contributed by atoms with E-state index in [1.165, 1.54) is 6.07 Å². The SMILES string of the molecule is CCOc1cc(NC2(C)CC2)cc([N+](=O)[O-])c1. The van der Waals surface area contributed by atoms with Gasteiger partial charge in [0.25, 0.3) is 5.69 Å². The standard InChI is InChI=1S/C12H16N2O3/c1-3-17-11-7-9(13-12(2)4-5-12)6-10(8-11)14(15)16/h6-8,13H,3-5H2,1-2H3. The van der Waals surface area contributed by atoms with Gasteiger partial charge in [-0.2, -0.15) is 0 Å². The number of non-ortho nitro benzene ring substituents is 1. The second-order valence-electron chi connectivity index (χ2n) is 4.59. The molecule has 1 fully saturated rings. The van der Waals surface area contributed by atoms with Gasteiger partial charge in [-0.15, -0.1) is 0 Å². The molecule has 0 aromatic heterocycles. The Morgan fingerprint density at radius 2 is 2.18 bits per heavy atom. The second kappa shape index (κ2) is 4.24. The zero-order chi connectivity index (χ0) is 12.5. The van der Waals surface area contributed by atoms with E-state index in [0.717, 1.165) is 18.5 Å². The lowest BCUT2D eigenvalue weighted by molar-refractivity contribution is -0.384. The van der Waals surface area contributed by atoms with E-state index in [4.69, 9.17) is 4.74 Å². The van der Waals surface area contributed by atoms with Crippen molar-refractivity contribution in [3.63, 3.8) is 0 Å². The van der Waals surface area contributed by atoms with Crippen molar-refractivity contribution in [2.45, 2.75) is 32.2 Å². The van der Waals surface area contributed by atoms with E-state index in [9.17, 15) is 10.1 Å². The van der Waals surface area contributed by atoms with Gasteiger partial charge in [-0.3, -0.25) is 10.1 Å². The fourth-order valence-corrected chi connectivity index (χ4v) is 1.67. The number of benzene rings is 1. The largest absolute Gasteiger partial charge is 0.494 e. The first-order chi connectivity index (χ1) is 8.02. The number of hydrogen-bond donors (Lipinski definition) is 1. The third kappa shape index (κ3) is 2.87. The van der Waals surface area contributed by atoms with Crippen molar-refractivity contribution >= 4 is 11.4 Å². The van der Waals surface area contributed by atoms with E-state index >= 15 is 0 Å². The number of nitrogens with one attached hydrogen (secondary N) is 1. The Morgan fingerprint density at radius 1 is 1.47 bits per heavy atom. The van der Waals surface area contributed by atoms with Crippen LogP contribution in [0.25, 0.3) is 0 Å². The van der Waals surface area contributed by atoms with Crippen molar-refractivity contribution in [1.29, 1.82) is 0 Å². The van der Waals surface area contributed by atoms with Gasteiger partial charge in [0.1, 0.15) is 5.75 Å². The molecule has 0 bridgehead atoms. The number of nitrogens with zero attached hydrogens (tertiary/aromatic N) is 1. The van der Waals surface area contributed by atoms with Crippen molar-refractivity contribution in [2.75, 3.05) is 11.9 Å². The Labute approximate surface area is 99.9 Å². The van der Waals surface area contributed by atoms with Crippen LogP contribution in [0.3, 0.4) is 0 Å². The van der Waals surface area contributed by atoms with Crippen molar-refractivity contribution in [3.05, 3.63) is 28.3 Å². The fraction of sp³-hybridized carbons (Fsp3) is 0.500. The summed E-state index contributed by atoms with van der Waals surface area (Å²) in [5.74, 6) is 0.536. The van der Waals surface area contributed by atoms with Crippen LogP contribution in [0.1, 0.15) is 26.7 Å². The number of nitro groups is 1. The molecule has 0 radical (unpaired) electrons. The number of rotatable bonds is 5. The molecule has 0 saturated heterocycles. The van der Waals surface area contributed by atoms with Crippen LogP contribution in [0.15, 0.2) is 18.2 Å². The van der Waals surface area contributed by atoms with Crippen molar-refractivity contribution in [2.24, 2.45) is 0 Å². The van der Waals surface area contributed by atoms with Crippen LogP contribution < -0.4 is 10.1 Å². The molecule has 92 valence electrons. The van der Waals surface area contributed by atoms with E-state index < -0.39 is 4.92 Å². The summed E-state index contributed by atoms with van der Waals surface area (Å²) in [7, 11) is 0. The van der Waals surface area contributed by atoms with Crippen molar-refractivity contribution < 1.29 is 9.66 Å². The summed E-state index contributed by atoms with van der Waals surface area (Å²) in [4.78, 5) is 10.4.